The minimum absolute atomic E-state index is 0.120. The first-order valence-corrected chi connectivity index (χ1v) is 9.53. The number of hydrogen-bond donors (Lipinski definition) is 2. The van der Waals surface area contributed by atoms with Gasteiger partial charge in [-0.1, -0.05) is 48.0 Å². The summed E-state index contributed by atoms with van der Waals surface area (Å²) in [6.45, 7) is 2.20. The third kappa shape index (κ3) is 4.89. The average Bonchev–Trinajstić information content (AvgIpc) is 2.95. The Bertz CT molecular complexity index is 886. The van der Waals surface area contributed by atoms with Crippen molar-refractivity contribution in [2.75, 3.05) is 11.9 Å². The van der Waals surface area contributed by atoms with E-state index in [1.165, 1.54) is 4.90 Å². The van der Waals surface area contributed by atoms with Crippen LogP contribution >= 0.6 is 11.6 Å². The third-order valence-electron chi connectivity index (χ3n) is 4.69. The van der Waals surface area contributed by atoms with Crippen molar-refractivity contribution in [3.8, 4) is 0 Å². The Morgan fingerprint density at radius 2 is 1.93 bits per heavy atom. The number of nitrogens with one attached hydrogen (secondary N) is 2. The molecule has 0 spiro atoms. The molecule has 2 aromatic rings. The number of rotatable bonds is 7. The molecule has 28 heavy (non-hydrogen) atoms. The van der Waals surface area contributed by atoms with Gasteiger partial charge < -0.3 is 10.6 Å². The molecule has 0 bridgehead atoms. The van der Waals surface area contributed by atoms with Gasteiger partial charge in [0.15, 0.2) is 0 Å². The van der Waals surface area contributed by atoms with Crippen molar-refractivity contribution >= 4 is 35.1 Å². The third-order valence-corrected chi connectivity index (χ3v) is 5.10. The van der Waals surface area contributed by atoms with Gasteiger partial charge in [0.25, 0.3) is 5.91 Å². The van der Waals surface area contributed by atoms with Crippen LogP contribution in [0.15, 0.2) is 48.5 Å². The molecule has 4 amide bonds. The quantitative estimate of drug-likeness (QED) is 0.699. The Labute approximate surface area is 168 Å². The number of hydrogen-bond acceptors (Lipinski definition) is 3. The van der Waals surface area contributed by atoms with Crippen LogP contribution in [0.5, 0.6) is 0 Å². The van der Waals surface area contributed by atoms with E-state index in [9.17, 15) is 14.4 Å². The lowest BCUT2D eigenvalue weighted by atomic mass is 10.1. The number of imide groups is 1. The Balaban J connectivity index is 1.49. The van der Waals surface area contributed by atoms with E-state index in [4.69, 9.17) is 11.6 Å². The predicted octanol–water partition coefficient (Wildman–Crippen LogP) is 3.53. The highest BCUT2D eigenvalue weighted by Crippen LogP contribution is 2.20. The van der Waals surface area contributed by atoms with Gasteiger partial charge in [-0.15, -0.1) is 0 Å². The Morgan fingerprint density at radius 3 is 2.64 bits per heavy atom. The van der Waals surface area contributed by atoms with Crippen molar-refractivity contribution in [2.45, 2.75) is 32.2 Å². The molecule has 1 saturated heterocycles. The van der Waals surface area contributed by atoms with E-state index in [2.05, 4.69) is 10.6 Å². The normalized spacial score (nSPS) is 16.2. The molecule has 6 nitrogen and oxygen atoms in total. The second-order valence-corrected chi connectivity index (χ2v) is 7.19. The number of aryl methyl sites for hydroxylation is 1. The van der Waals surface area contributed by atoms with Gasteiger partial charge in [-0.25, -0.2) is 4.79 Å². The molecule has 0 unspecified atom stereocenters. The summed E-state index contributed by atoms with van der Waals surface area (Å²) in [6, 6.07) is 13.9. The molecule has 1 heterocycles. The second-order valence-electron chi connectivity index (χ2n) is 6.78. The summed E-state index contributed by atoms with van der Waals surface area (Å²) >= 11 is 6.05. The van der Waals surface area contributed by atoms with Crippen LogP contribution in [0.2, 0.25) is 5.02 Å². The minimum atomic E-state index is -0.671. The molecule has 1 fully saturated rings. The molecule has 0 aliphatic carbocycles. The molecule has 7 heteroatoms. The largest absolute Gasteiger partial charge is 0.326 e. The lowest BCUT2D eigenvalue weighted by Gasteiger charge is -2.13. The second kappa shape index (κ2) is 8.89. The lowest BCUT2D eigenvalue weighted by molar-refractivity contribution is -0.127. The molecule has 1 aliphatic rings. The molecule has 1 aliphatic heterocycles. The topological polar surface area (TPSA) is 78.5 Å². The first-order chi connectivity index (χ1) is 13.4. The molecular weight excluding hydrogens is 378 g/mol. The zero-order chi connectivity index (χ0) is 20.1. The maximum atomic E-state index is 12.5. The van der Waals surface area contributed by atoms with Gasteiger partial charge in [0.1, 0.15) is 6.04 Å². The van der Waals surface area contributed by atoms with E-state index in [0.717, 1.165) is 11.1 Å². The molecule has 1 atom stereocenters. The molecule has 2 aromatic carbocycles. The number of nitrogens with zero attached hydrogens (tertiary/aromatic N) is 1. The Hall–Kier alpha value is -2.86. The monoisotopic (exact) mass is 399 g/mol. The molecule has 2 N–H and O–H groups in total. The number of urea groups is 1. The lowest BCUT2D eigenvalue weighted by Crippen LogP contribution is -2.33. The number of carbonyl (C=O) groups is 3. The summed E-state index contributed by atoms with van der Waals surface area (Å²) in [6.07, 6.45) is 0.966. The summed E-state index contributed by atoms with van der Waals surface area (Å²) in [5.74, 6) is -0.517. The molecule has 3 rings (SSSR count). The van der Waals surface area contributed by atoms with Gasteiger partial charge in [0.05, 0.1) is 0 Å². The maximum absolute atomic E-state index is 12.5. The average molecular weight is 400 g/mol. The standard InChI is InChI=1S/C21H22ClN3O3/c1-14-7-8-16(13-17(14)22)23-19(26)10-9-18-20(27)25(21(28)24-18)12-11-15-5-3-2-4-6-15/h2-8,13,18H,9-12H2,1H3,(H,23,26)(H,24,28)/t18-/m0/s1. The number of amides is 4. The van der Waals surface area contributed by atoms with Gasteiger partial charge in [0.2, 0.25) is 5.91 Å². The highest BCUT2D eigenvalue weighted by molar-refractivity contribution is 6.31. The fourth-order valence-electron chi connectivity index (χ4n) is 3.04. The molecular formula is C21H22ClN3O3. The molecule has 0 saturated carbocycles. The fourth-order valence-corrected chi connectivity index (χ4v) is 3.22. The first kappa shape index (κ1) is 19.9. The van der Waals surface area contributed by atoms with Crippen LogP contribution in [0.3, 0.4) is 0 Å². The SMILES string of the molecule is Cc1ccc(NC(=O)CC[C@@H]2NC(=O)N(CCc3ccccc3)C2=O)cc1Cl. The number of benzene rings is 2. The van der Waals surface area contributed by atoms with Gasteiger partial charge in [0, 0.05) is 23.7 Å². The smallest absolute Gasteiger partial charge is 0.324 e. The number of carbonyl (C=O) groups excluding carboxylic acids is 3. The van der Waals surface area contributed by atoms with Crippen LogP contribution in [0.1, 0.15) is 24.0 Å². The zero-order valence-corrected chi connectivity index (χ0v) is 16.3. The van der Waals surface area contributed by atoms with E-state index < -0.39 is 12.1 Å². The summed E-state index contributed by atoms with van der Waals surface area (Å²) < 4.78 is 0. The van der Waals surface area contributed by atoms with Gasteiger partial charge in [-0.3, -0.25) is 14.5 Å². The maximum Gasteiger partial charge on any atom is 0.324 e. The number of anilines is 1. The van der Waals surface area contributed by atoms with Crippen molar-refractivity contribution in [1.29, 1.82) is 0 Å². The minimum Gasteiger partial charge on any atom is -0.326 e. The van der Waals surface area contributed by atoms with Crippen molar-refractivity contribution in [3.63, 3.8) is 0 Å². The molecule has 0 radical (unpaired) electrons. The van der Waals surface area contributed by atoms with Gasteiger partial charge in [-0.05, 0) is 43.0 Å². The highest BCUT2D eigenvalue weighted by Gasteiger charge is 2.37. The Kier molecular flexibility index (Phi) is 6.31. The predicted molar refractivity (Wildman–Crippen MR) is 108 cm³/mol. The summed E-state index contributed by atoms with van der Waals surface area (Å²) in [5.41, 5.74) is 2.59. The van der Waals surface area contributed by atoms with Crippen molar-refractivity contribution in [2.24, 2.45) is 0 Å². The zero-order valence-electron chi connectivity index (χ0n) is 15.6. The summed E-state index contributed by atoms with van der Waals surface area (Å²) in [4.78, 5) is 38.0. The molecule has 0 aromatic heterocycles. The van der Waals surface area contributed by atoms with E-state index in [-0.39, 0.29) is 24.7 Å². The highest BCUT2D eigenvalue weighted by atomic mass is 35.5. The van der Waals surface area contributed by atoms with Crippen LogP contribution in [-0.4, -0.2) is 35.3 Å². The van der Waals surface area contributed by atoms with Crippen molar-refractivity contribution in [1.82, 2.24) is 10.2 Å². The summed E-state index contributed by atoms with van der Waals surface area (Å²) in [7, 11) is 0. The van der Waals surface area contributed by atoms with Crippen LogP contribution in [0.4, 0.5) is 10.5 Å². The van der Waals surface area contributed by atoms with Gasteiger partial charge in [-0.2, -0.15) is 0 Å². The van der Waals surface area contributed by atoms with E-state index in [1.807, 2.05) is 43.3 Å². The van der Waals surface area contributed by atoms with E-state index >= 15 is 0 Å². The Morgan fingerprint density at radius 1 is 1.18 bits per heavy atom. The summed E-state index contributed by atoms with van der Waals surface area (Å²) in [5, 5.41) is 5.99. The fraction of sp³-hybridized carbons (Fsp3) is 0.286. The van der Waals surface area contributed by atoms with E-state index in [1.54, 1.807) is 12.1 Å². The van der Waals surface area contributed by atoms with Crippen molar-refractivity contribution < 1.29 is 14.4 Å². The first-order valence-electron chi connectivity index (χ1n) is 9.16. The van der Waals surface area contributed by atoms with E-state index in [0.29, 0.717) is 23.7 Å². The van der Waals surface area contributed by atoms with Crippen LogP contribution in [0.25, 0.3) is 0 Å². The number of halogens is 1. The van der Waals surface area contributed by atoms with Gasteiger partial charge >= 0.3 is 6.03 Å². The van der Waals surface area contributed by atoms with Crippen LogP contribution in [0, 0.1) is 6.92 Å². The van der Waals surface area contributed by atoms with Crippen LogP contribution in [-0.2, 0) is 16.0 Å². The molecule has 146 valence electrons. The van der Waals surface area contributed by atoms with Crippen LogP contribution < -0.4 is 10.6 Å². The van der Waals surface area contributed by atoms with Crippen molar-refractivity contribution in [3.05, 3.63) is 64.7 Å².